The summed E-state index contributed by atoms with van der Waals surface area (Å²) in [6, 6.07) is 8.49. The van der Waals surface area contributed by atoms with Crippen LogP contribution in [0.15, 0.2) is 34.9 Å². The number of ether oxygens (including phenoxy) is 1. The second-order valence-corrected chi connectivity index (χ2v) is 6.62. The second kappa shape index (κ2) is 7.59. The summed E-state index contributed by atoms with van der Waals surface area (Å²) < 4.78 is 10.5. The van der Waals surface area contributed by atoms with Crippen molar-refractivity contribution < 1.29 is 18.8 Å². The summed E-state index contributed by atoms with van der Waals surface area (Å²) in [6.07, 6.45) is 1.46. The number of methoxy groups -OCH3 is 1. The summed E-state index contributed by atoms with van der Waals surface area (Å²) in [5.74, 6) is 0.832. The average molecular weight is 357 g/mol. The predicted molar refractivity (Wildman–Crippen MR) is 95.8 cm³/mol. The van der Waals surface area contributed by atoms with Crippen molar-refractivity contribution >= 4 is 11.8 Å². The maximum absolute atomic E-state index is 12.8. The number of hydrogen-bond acceptors (Lipinski definition) is 5. The Morgan fingerprint density at radius 3 is 2.69 bits per heavy atom. The molecule has 26 heavy (non-hydrogen) atoms. The van der Waals surface area contributed by atoms with E-state index >= 15 is 0 Å². The van der Waals surface area contributed by atoms with E-state index in [0.29, 0.717) is 18.7 Å². The molecule has 1 aliphatic heterocycles. The van der Waals surface area contributed by atoms with Crippen LogP contribution in [0.1, 0.15) is 37.2 Å². The summed E-state index contributed by atoms with van der Waals surface area (Å²) in [6.45, 7) is 4.34. The van der Waals surface area contributed by atoms with Crippen molar-refractivity contribution in [2.24, 2.45) is 0 Å². The van der Waals surface area contributed by atoms with Crippen LogP contribution in [0.5, 0.6) is 5.75 Å². The molecule has 0 aliphatic carbocycles. The molecule has 7 heteroatoms. The minimum absolute atomic E-state index is 0.0359. The molecule has 1 fully saturated rings. The Bertz CT molecular complexity index is 782. The van der Waals surface area contributed by atoms with E-state index in [0.717, 1.165) is 17.7 Å². The number of nitrogens with zero attached hydrogens (tertiary/aromatic N) is 2. The second-order valence-electron chi connectivity index (χ2n) is 6.62. The largest absolute Gasteiger partial charge is 0.497 e. The number of nitrogens with one attached hydrogen (secondary N) is 1. The topological polar surface area (TPSA) is 84.7 Å². The molecule has 0 radical (unpaired) electrons. The number of amides is 2. The zero-order valence-corrected chi connectivity index (χ0v) is 15.2. The molecule has 1 aliphatic rings. The highest BCUT2D eigenvalue weighted by molar-refractivity contribution is 5.97. The van der Waals surface area contributed by atoms with Gasteiger partial charge >= 0.3 is 0 Å². The van der Waals surface area contributed by atoms with Gasteiger partial charge < -0.3 is 19.5 Å². The number of likely N-dealkylation sites (tertiary alicyclic amines) is 1. The van der Waals surface area contributed by atoms with Crippen LogP contribution >= 0.6 is 0 Å². The third-order valence-electron chi connectivity index (χ3n) is 4.35. The summed E-state index contributed by atoms with van der Waals surface area (Å²) in [5, 5.41) is 6.78. The molecule has 2 aromatic rings. The lowest BCUT2D eigenvalue weighted by atomic mass is 10.1. The summed E-state index contributed by atoms with van der Waals surface area (Å²) >= 11 is 0. The molecule has 0 unspecified atom stereocenters. The minimum Gasteiger partial charge on any atom is -0.497 e. The number of carbonyl (C=O) groups excluding carboxylic acids is 2. The molecule has 138 valence electrons. The molecule has 0 bridgehead atoms. The molecule has 1 saturated heterocycles. The van der Waals surface area contributed by atoms with Crippen LogP contribution in [0.25, 0.3) is 11.3 Å². The van der Waals surface area contributed by atoms with Gasteiger partial charge in [-0.05, 0) is 51.0 Å². The third-order valence-corrected chi connectivity index (χ3v) is 4.35. The van der Waals surface area contributed by atoms with E-state index in [2.05, 4.69) is 10.5 Å². The SMILES string of the molecule is COc1ccc(-c2cc(C(=O)N3CCC[C@@H]3C(=O)NC(C)C)no2)cc1. The Morgan fingerprint density at radius 2 is 2.04 bits per heavy atom. The Labute approximate surface area is 152 Å². The molecule has 3 rings (SSSR count). The molecule has 2 heterocycles. The maximum Gasteiger partial charge on any atom is 0.276 e. The van der Waals surface area contributed by atoms with E-state index in [-0.39, 0.29) is 23.6 Å². The first-order valence-corrected chi connectivity index (χ1v) is 8.72. The van der Waals surface area contributed by atoms with Gasteiger partial charge in [0.05, 0.1) is 7.11 Å². The summed E-state index contributed by atoms with van der Waals surface area (Å²) in [5.41, 5.74) is 1.01. The van der Waals surface area contributed by atoms with Gasteiger partial charge in [-0.3, -0.25) is 9.59 Å². The monoisotopic (exact) mass is 357 g/mol. The average Bonchev–Trinajstić information content (AvgIpc) is 3.30. The van der Waals surface area contributed by atoms with Crippen LogP contribution < -0.4 is 10.1 Å². The quantitative estimate of drug-likeness (QED) is 0.889. The summed E-state index contributed by atoms with van der Waals surface area (Å²) in [4.78, 5) is 26.7. The van der Waals surface area contributed by atoms with E-state index in [4.69, 9.17) is 9.26 Å². The van der Waals surface area contributed by atoms with E-state index < -0.39 is 6.04 Å². The zero-order valence-electron chi connectivity index (χ0n) is 15.2. The van der Waals surface area contributed by atoms with E-state index in [1.165, 1.54) is 0 Å². The molecule has 0 saturated carbocycles. The lowest BCUT2D eigenvalue weighted by Gasteiger charge is -2.23. The Morgan fingerprint density at radius 1 is 1.31 bits per heavy atom. The highest BCUT2D eigenvalue weighted by Gasteiger charge is 2.35. The van der Waals surface area contributed by atoms with Crippen molar-refractivity contribution in [3.63, 3.8) is 0 Å². The first kappa shape index (κ1) is 18.0. The fourth-order valence-corrected chi connectivity index (χ4v) is 3.08. The lowest BCUT2D eigenvalue weighted by molar-refractivity contribution is -0.125. The lowest BCUT2D eigenvalue weighted by Crippen LogP contribution is -2.47. The molecule has 1 aromatic carbocycles. The molecule has 2 amide bonds. The van der Waals surface area contributed by atoms with Crippen molar-refractivity contribution in [1.82, 2.24) is 15.4 Å². The minimum atomic E-state index is -0.453. The van der Waals surface area contributed by atoms with Gasteiger partial charge in [0.1, 0.15) is 11.8 Å². The van der Waals surface area contributed by atoms with Crippen LogP contribution in [-0.2, 0) is 4.79 Å². The van der Waals surface area contributed by atoms with Gasteiger partial charge in [-0.15, -0.1) is 0 Å². The van der Waals surface area contributed by atoms with E-state index in [1.807, 2.05) is 38.1 Å². The van der Waals surface area contributed by atoms with Crippen LogP contribution in [0.4, 0.5) is 0 Å². The number of hydrogen-bond donors (Lipinski definition) is 1. The zero-order chi connectivity index (χ0) is 18.7. The molecule has 1 N–H and O–H groups in total. The predicted octanol–water partition coefficient (Wildman–Crippen LogP) is 2.48. The standard InChI is InChI=1S/C19H23N3O4/c1-12(2)20-18(23)16-5-4-10-22(16)19(24)15-11-17(26-21-15)13-6-8-14(25-3)9-7-13/h6-9,11-12,16H,4-5,10H2,1-3H3,(H,20,23)/t16-/m1/s1. The van der Waals surface area contributed by atoms with Crippen molar-refractivity contribution in [2.45, 2.75) is 38.8 Å². The first-order valence-electron chi connectivity index (χ1n) is 8.72. The fourth-order valence-electron chi connectivity index (χ4n) is 3.08. The van der Waals surface area contributed by atoms with Gasteiger partial charge in [0.2, 0.25) is 5.91 Å². The van der Waals surface area contributed by atoms with Gasteiger partial charge in [0.25, 0.3) is 5.91 Å². The normalized spacial score (nSPS) is 16.8. The molecule has 1 atom stereocenters. The van der Waals surface area contributed by atoms with Crippen molar-refractivity contribution in [3.05, 3.63) is 36.0 Å². The highest BCUT2D eigenvalue weighted by Crippen LogP contribution is 2.25. The Kier molecular flexibility index (Phi) is 5.25. The van der Waals surface area contributed by atoms with Crippen LogP contribution in [0.3, 0.4) is 0 Å². The van der Waals surface area contributed by atoms with E-state index in [1.54, 1.807) is 18.1 Å². The summed E-state index contributed by atoms with van der Waals surface area (Å²) in [7, 11) is 1.60. The first-order chi connectivity index (χ1) is 12.5. The van der Waals surface area contributed by atoms with Crippen LogP contribution in [-0.4, -0.2) is 47.6 Å². The van der Waals surface area contributed by atoms with E-state index in [9.17, 15) is 9.59 Å². The number of aromatic nitrogens is 1. The number of benzene rings is 1. The van der Waals surface area contributed by atoms with Crippen LogP contribution in [0.2, 0.25) is 0 Å². The molecular formula is C19H23N3O4. The van der Waals surface area contributed by atoms with Crippen molar-refractivity contribution in [1.29, 1.82) is 0 Å². The van der Waals surface area contributed by atoms with Crippen LogP contribution in [0, 0.1) is 0 Å². The molecule has 1 aromatic heterocycles. The fraction of sp³-hybridized carbons (Fsp3) is 0.421. The highest BCUT2D eigenvalue weighted by atomic mass is 16.5. The number of carbonyl (C=O) groups is 2. The molecule has 0 spiro atoms. The molecular weight excluding hydrogens is 334 g/mol. The van der Waals surface area contributed by atoms with Crippen molar-refractivity contribution in [2.75, 3.05) is 13.7 Å². The third kappa shape index (κ3) is 3.71. The Balaban J connectivity index is 1.75. The number of rotatable bonds is 5. The van der Waals surface area contributed by atoms with Gasteiger partial charge in [0, 0.05) is 24.2 Å². The van der Waals surface area contributed by atoms with Gasteiger partial charge in [-0.1, -0.05) is 5.16 Å². The Hall–Kier alpha value is -2.83. The van der Waals surface area contributed by atoms with Gasteiger partial charge in [0.15, 0.2) is 11.5 Å². The molecule has 7 nitrogen and oxygen atoms in total. The van der Waals surface area contributed by atoms with Gasteiger partial charge in [-0.25, -0.2) is 0 Å². The maximum atomic E-state index is 12.8. The van der Waals surface area contributed by atoms with Gasteiger partial charge in [-0.2, -0.15) is 0 Å². The smallest absolute Gasteiger partial charge is 0.276 e. The van der Waals surface area contributed by atoms with Crippen molar-refractivity contribution in [3.8, 4) is 17.1 Å².